The van der Waals surface area contributed by atoms with Crippen molar-refractivity contribution < 1.29 is 22.6 Å². The van der Waals surface area contributed by atoms with Crippen LogP contribution in [0.5, 0.6) is 5.75 Å². The Morgan fingerprint density at radius 3 is 2.62 bits per heavy atom. The average Bonchev–Trinajstić information content (AvgIpc) is 2.81. The van der Waals surface area contributed by atoms with Crippen LogP contribution in [0.15, 0.2) is 50.6 Å². The van der Waals surface area contributed by atoms with E-state index in [2.05, 4.69) is 14.7 Å². The van der Waals surface area contributed by atoms with Gasteiger partial charge in [-0.05, 0) is 49.1 Å². The Hall–Kier alpha value is -3.17. The first-order valence-electron chi connectivity index (χ1n) is 11.7. The van der Waals surface area contributed by atoms with Crippen LogP contribution < -0.4 is 20.3 Å². The van der Waals surface area contributed by atoms with E-state index in [9.17, 15) is 27.4 Å². The summed E-state index contributed by atoms with van der Waals surface area (Å²) in [6.45, 7) is 6.25. The molecule has 0 radical (unpaired) electrons. The van der Waals surface area contributed by atoms with Crippen molar-refractivity contribution in [1.82, 2.24) is 9.55 Å². The first kappa shape index (κ1) is 26.9. The van der Waals surface area contributed by atoms with Gasteiger partial charge in [-0.25, -0.2) is 10.1 Å². The number of rotatable bonds is 8. The number of fused-ring (bicyclic) bond motifs is 2. The van der Waals surface area contributed by atoms with Crippen LogP contribution in [0.3, 0.4) is 0 Å². The van der Waals surface area contributed by atoms with Crippen LogP contribution in [-0.4, -0.2) is 44.6 Å². The standard InChI is InChI=1S/C23H30N6O6S2/c1-4-11-29(37(24,34)35)15-7-8-17-18(13-15)36(32,33)27-21(26-17)19-20(30)16-6-5-10-25-22(16)28(23(19)31)12-9-14(2)3/h5-8,10,13-14,30,32-33H,4,9,11-12H2,1-3H3,(H,26,27)(H2,24,34,35). The summed E-state index contributed by atoms with van der Waals surface area (Å²) in [5, 5.41) is 19.6. The molecule has 0 amide bonds. The van der Waals surface area contributed by atoms with E-state index in [-0.39, 0.29) is 34.2 Å². The number of nitrogens with zero attached hydrogens (tertiary/aromatic N) is 4. The molecule has 0 atom stereocenters. The first-order valence-corrected chi connectivity index (χ1v) is 14.7. The number of nitrogens with two attached hydrogens (primary N) is 1. The number of pyridine rings is 2. The third-order valence-corrected chi connectivity index (χ3v) is 8.29. The molecule has 200 valence electrons. The van der Waals surface area contributed by atoms with E-state index in [0.717, 1.165) is 4.31 Å². The minimum absolute atomic E-state index is 0.0689. The van der Waals surface area contributed by atoms with Gasteiger partial charge in [0.1, 0.15) is 21.9 Å². The minimum Gasteiger partial charge on any atom is -0.506 e. The van der Waals surface area contributed by atoms with Crippen molar-refractivity contribution >= 4 is 49.2 Å². The maximum absolute atomic E-state index is 13.6. The normalized spacial score (nSPS) is 15.7. The lowest BCUT2D eigenvalue weighted by atomic mass is 10.1. The molecule has 3 heterocycles. The fraction of sp³-hybridized carbons (Fsp3) is 0.348. The summed E-state index contributed by atoms with van der Waals surface area (Å²) in [4.78, 5) is 17.8. The molecule has 0 unspecified atom stereocenters. The number of hydrogen-bond donors (Lipinski definition) is 5. The van der Waals surface area contributed by atoms with E-state index in [1.165, 1.54) is 29.0 Å². The summed E-state index contributed by atoms with van der Waals surface area (Å²) in [6.07, 6.45) is 2.68. The van der Waals surface area contributed by atoms with E-state index in [4.69, 9.17) is 5.14 Å². The molecule has 0 bridgehead atoms. The molecular weight excluding hydrogens is 520 g/mol. The Morgan fingerprint density at radius 1 is 1.24 bits per heavy atom. The van der Waals surface area contributed by atoms with Gasteiger partial charge in [0.15, 0.2) is 5.84 Å². The minimum atomic E-state index is -4.11. The summed E-state index contributed by atoms with van der Waals surface area (Å²) in [5.41, 5.74) is -0.176. The Balaban J connectivity index is 1.86. The highest BCUT2D eigenvalue weighted by atomic mass is 32.3. The highest BCUT2D eigenvalue weighted by Gasteiger charge is 2.32. The quantitative estimate of drug-likeness (QED) is 0.282. The predicted molar refractivity (Wildman–Crippen MR) is 146 cm³/mol. The fourth-order valence-electron chi connectivity index (χ4n) is 4.11. The molecule has 6 N–H and O–H groups in total. The van der Waals surface area contributed by atoms with Gasteiger partial charge in [0.05, 0.1) is 16.8 Å². The van der Waals surface area contributed by atoms with Crippen LogP contribution in [0, 0.1) is 5.92 Å². The van der Waals surface area contributed by atoms with Gasteiger partial charge in [0, 0.05) is 19.3 Å². The van der Waals surface area contributed by atoms with Crippen LogP contribution in [0.1, 0.15) is 39.2 Å². The molecule has 1 aliphatic heterocycles. The van der Waals surface area contributed by atoms with E-state index >= 15 is 0 Å². The molecule has 1 aliphatic rings. The Kier molecular flexibility index (Phi) is 7.23. The molecule has 0 aliphatic carbocycles. The highest BCUT2D eigenvalue weighted by Crippen LogP contribution is 2.56. The van der Waals surface area contributed by atoms with Crippen LogP contribution in [-0.2, 0) is 16.8 Å². The molecule has 12 nitrogen and oxygen atoms in total. The fourth-order valence-corrected chi connectivity index (χ4v) is 6.14. The number of nitrogens with one attached hydrogen (secondary N) is 1. The molecule has 0 saturated carbocycles. The van der Waals surface area contributed by atoms with E-state index in [1.807, 2.05) is 13.8 Å². The Bertz CT molecular complexity index is 1550. The number of aryl methyl sites for hydroxylation is 1. The number of aromatic hydroxyl groups is 1. The summed E-state index contributed by atoms with van der Waals surface area (Å²) >= 11 is 0. The second-order valence-electron chi connectivity index (χ2n) is 9.12. The van der Waals surface area contributed by atoms with Crippen molar-refractivity contribution in [3.63, 3.8) is 0 Å². The summed E-state index contributed by atoms with van der Waals surface area (Å²) < 4.78 is 52.4. The predicted octanol–water partition coefficient (Wildman–Crippen LogP) is 3.46. The molecule has 37 heavy (non-hydrogen) atoms. The lowest BCUT2D eigenvalue weighted by Gasteiger charge is -2.35. The van der Waals surface area contributed by atoms with E-state index in [0.29, 0.717) is 36.3 Å². The number of benzene rings is 1. The summed E-state index contributed by atoms with van der Waals surface area (Å²) in [5.74, 6) is -0.312. The molecule has 3 aromatic rings. The van der Waals surface area contributed by atoms with Crippen molar-refractivity contribution in [2.24, 2.45) is 15.5 Å². The van der Waals surface area contributed by atoms with Crippen molar-refractivity contribution in [2.45, 2.75) is 45.1 Å². The molecule has 1 aromatic carbocycles. The zero-order chi connectivity index (χ0) is 27.1. The highest BCUT2D eigenvalue weighted by molar-refractivity contribution is 8.23. The van der Waals surface area contributed by atoms with E-state index in [1.54, 1.807) is 19.1 Å². The van der Waals surface area contributed by atoms with Gasteiger partial charge >= 0.3 is 0 Å². The SMILES string of the molecule is CCCN(c1ccc2c(c1)S(O)(O)N=C(c1c(O)c3cccnc3n(CCC(C)C)c1=O)N2)S(N)(=O)=O. The third-order valence-electron chi connectivity index (χ3n) is 5.91. The van der Waals surface area contributed by atoms with Crippen LogP contribution in [0.2, 0.25) is 0 Å². The first-order chi connectivity index (χ1) is 17.3. The van der Waals surface area contributed by atoms with E-state index < -0.39 is 32.3 Å². The van der Waals surface area contributed by atoms with Gasteiger partial charge in [-0.15, -0.1) is 4.40 Å². The van der Waals surface area contributed by atoms with Gasteiger partial charge in [-0.2, -0.15) is 8.42 Å². The third kappa shape index (κ3) is 5.15. The molecule has 0 fully saturated rings. The Morgan fingerprint density at radius 2 is 1.97 bits per heavy atom. The largest absolute Gasteiger partial charge is 0.506 e. The van der Waals surface area contributed by atoms with Crippen LogP contribution in [0.4, 0.5) is 11.4 Å². The van der Waals surface area contributed by atoms with Gasteiger partial charge in [-0.1, -0.05) is 31.5 Å². The van der Waals surface area contributed by atoms with Gasteiger partial charge in [0.2, 0.25) is 0 Å². The zero-order valence-electron chi connectivity index (χ0n) is 20.6. The molecule has 2 aromatic heterocycles. The Labute approximate surface area is 216 Å². The molecule has 0 saturated heterocycles. The zero-order valence-corrected chi connectivity index (χ0v) is 22.3. The smallest absolute Gasteiger partial charge is 0.298 e. The number of anilines is 2. The maximum atomic E-state index is 13.6. The van der Waals surface area contributed by atoms with Crippen LogP contribution >= 0.6 is 10.8 Å². The van der Waals surface area contributed by atoms with Gasteiger partial charge < -0.3 is 10.4 Å². The lowest BCUT2D eigenvalue weighted by molar-refractivity contribution is 0.473. The van der Waals surface area contributed by atoms with Gasteiger partial charge in [-0.3, -0.25) is 22.8 Å². The topological polar surface area (TPSA) is 183 Å². The molecular formula is C23H30N6O6S2. The number of hydrogen-bond acceptors (Lipinski definition) is 9. The van der Waals surface area contributed by atoms with Crippen molar-refractivity contribution in [3.8, 4) is 5.75 Å². The van der Waals surface area contributed by atoms with Crippen molar-refractivity contribution in [3.05, 3.63) is 52.4 Å². The molecule has 4 rings (SSSR count). The average molecular weight is 551 g/mol. The number of amidine groups is 1. The summed E-state index contributed by atoms with van der Waals surface area (Å²) in [7, 11) is -8.00. The second-order valence-corrected chi connectivity index (χ2v) is 12.2. The van der Waals surface area contributed by atoms with Crippen molar-refractivity contribution in [2.75, 3.05) is 16.2 Å². The van der Waals surface area contributed by atoms with Crippen molar-refractivity contribution in [1.29, 1.82) is 0 Å². The lowest BCUT2D eigenvalue weighted by Crippen LogP contribution is -2.37. The maximum Gasteiger partial charge on any atom is 0.298 e. The summed E-state index contributed by atoms with van der Waals surface area (Å²) in [6, 6.07) is 7.41. The van der Waals surface area contributed by atoms with Crippen LogP contribution in [0.25, 0.3) is 11.0 Å². The van der Waals surface area contributed by atoms with Gasteiger partial charge in [0.25, 0.3) is 15.8 Å². The second kappa shape index (κ2) is 9.95. The molecule has 0 spiro atoms. The molecule has 14 heteroatoms. The monoisotopic (exact) mass is 550 g/mol. The number of aromatic nitrogens is 2.